The number of pyridine rings is 1. The van der Waals surface area contributed by atoms with Crippen LogP contribution in [0, 0.1) is 29.1 Å². The summed E-state index contributed by atoms with van der Waals surface area (Å²) in [6, 6.07) is 37.1. The summed E-state index contributed by atoms with van der Waals surface area (Å²) in [4.78, 5) is 106. The minimum atomic E-state index is -1.15. The van der Waals surface area contributed by atoms with Crippen LogP contribution in [0.1, 0.15) is 139 Å². The summed E-state index contributed by atoms with van der Waals surface area (Å²) in [5.41, 5.74) is 15.3. The average Bonchev–Trinajstić information content (AvgIpc) is 1.20. The highest BCUT2D eigenvalue weighted by Crippen LogP contribution is 2.72. The number of carbonyl (C=O) groups is 7. The summed E-state index contributed by atoms with van der Waals surface area (Å²) >= 11 is 1.42. The van der Waals surface area contributed by atoms with Gasteiger partial charge in [-0.05, 0) is 168 Å². The molecule has 4 heterocycles. The van der Waals surface area contributed by atoms with Crippen LogP contribution in [-0.2, 0) is 49.9 Å². The second-order valence-corrected chi connectivity index (χ2v) is 30.3. The smallest absolute Gasteiger partial charge is 0.409 e. The van der Waals surface area contributed by atoms with Crippen LogP contribution in [0.25, 0.3) is 32.5 Å². The van der Waals surface area contributed by atoms with Gasteiger partial charge in [0.1, 0.15) is 31.1 Å². The molecule has 4 bridgehead atoms. The number of nitrogens with two attached hydrogens (primary N) is 1. The van der Waals surface area contributed by atoms with Crippen LogP contribution >= 0.6 is 11.3 Å². The number of rotatable bonds is 25. The zero-order chi connectivity index (χ0) is 71.0. The molecule has 5 aromatic carbocycles. The molecule has 8 aromatic rings. The second-order valence-electron chi connectivity index (χ2n) is 29.3. The summed E-state index contributed by atoms with van der Waals surface area (Å²) in [6.07, 6.45) is 7.22. The number of alkyl carbamates (subject to hydrolysis) is 1. The number of fused-ring (bicyclic) bond motifs is 5. The number of primary amides is 1. The van der Waals surface area contributed by atoms with Gasteiger partial charge in [0.25, 0.3) is 5.91 Å². The van der Waals surface area contributed by atoms with Gasteiger partial charge in [-0.2, -0.15) is 5.10 Å². The number of urea groups is 1. The molecule has 8 N–H and O–H groups in total. The molecule has 3 aromatic heterocycles. The number of benzene rings is 5. The van der Waals surface area contributed by atoms with E-state index >= 15 is 0 Å². The van der Waals surface area contributed by atoms with E-state index in [2.05, 4.69) is 45.4 Å². The van der Waals surface area contributed by atoms with Gasteiger partial charge in [-0.15, -0.1) is 0 Å². The molecule has 5 aliphatic carbocycles. The van der Waals surface area contributed by atoms with Crippen molar-refractivity contribution in [2.24, 2.45) is 27.9 Å². The Labute approximate surface area is 590 Å². The fourth-order valence-corrected chi connectivity index (χ4v) is 18.3. The Morgan fingerprint density at radius 2 is 1.48 bits per heavy atom. The number of nitrogens with zero attached hydrogens (tertiary/aromatic N) is 6. The molecule has 0 spiro atoms. The SMILES string of the molecule is Cc1c(-c2ccc(N3CCc4cccc(C(=O)Nc5nc6ccccc6s5)c4C3)nc2C(=O)O)cnn1CC12CC3(C)CC(C)(C1)CC(OCCN(C)C(=O)OCc1ccc(NC(=O)[C@H](CCCNC(N)=O)NC(=O)[C@@H](NC(=O)OCC4c5ccccc5-c5ccccc54)C(C)C)cc1)(C3)C2. The summed E-state index contributed by atoms with van der Waals surface area (Å²) < 4.78 is 21.6. The number of aromatic carboxylic acids is 1. The number of carboxylic acids is 1. The molecule has 14 rings (SSSR count). The van der Waals surface area contributed by atoms with E-state index in [0.29, 0.717) is 84.5 Å². The third-order valence-electron chi connectivity index (χ3n) is 20.9. The van der Waals surface area contributed by atoms with E-state index in [1.54, 1.807) is 51.4 Å². The molecule has 23 nitrogen and oxygen atoms in total. The van der Waals surface area contributed by atoms with E-state index in [9.17, 15) is 38.7 Å². The first-order valence-corrected chi connectivity index (χ1v) is 35.4. The summed E-state index contributed by atoms with van der Waals surface area (Å²) in [5.74, 6) is -2.59. The van der Waals surface area contributed by atoms with Gasteiger partial charge in [-0.25, -0.2) is 29.1 Å². The van der Waals surface area contributed by atoms with Gasteiger partial charge in [0, 0.05) is 73.8 Å². The van der Waals surface area contributed by atoms with Gasteiger partial charge < -0.3 is 56.1 Å². The molecular formula is C77H86N12O11S. The van der Waals surface area contributed by atoms with Crippen molar-refractivity contribution in [2.75, 3.05) is 55.4 Å². The fourth-order valence-electron chi connectivity index (χ4n) is 17.4. The number of nitrogens with one attached hydrogen (secondary N) is 5. The molecule has 6 aliphatic rings. The van der Waals surface area contributed by atoms with Gasteiger partial charge >= 0.3 is 24.2 Å². The zero-order valence-electron chi connectivity index (χ0n) is 57.7. The van der Waals surface area contributed by atoms with Crippen molar-refractivity contribution < 1.29 is 52.9 Å². The van der Waals surface area contributed by atoms with E-state index in [-0.39, 0.29) is 65.9 Å². The number of hydrogen-bond donors (Lipinski definition) is 7. The topological polar surface area (TPSA) is 304 Å². The van der Waals surface area contributed by atoms with Crippen LogP contribution in [0.15, 0.2) is 134 Å². The van der Waals surface area contributed by atoms with Gasteiger partial charge in [0.15, 0.2) is 10.8 Å². The van der Waals surface area contributed by atoms with Crippen LogP contribution in [-0.4, -0.2) is 129 Å². The molecule has 0 radical (unpaired) electrons. The lowest BCUT2D eigenvalue weighted by Crippen LogP contribution is -2.64. The number of hydrogen-bond acceptors (Lipinski definition) is 15. The minimum absolute atomic E-state index is 0.0113. The Bertz CT molecular complexity index is 4420. The van der Waals surface area contributed by atoms with Gasteiger partial charge in [0.05, 0.1) is 28.6 Å². The minimum Gasteiger partial charge on any atom is -0.476 e. The molecule has 2 unspecified atom stereocenters. The lowest BCUT2D eigenvalue weighted by Gasteiger charge is -2.69. The van der Waals surface area contributed by atoms with Crippen LogP contribution in [0.3, 0.4) is 0 Å². The highest BCUT2D eigenvalue weighted by Gasteiger charge is 2.66. The van der Waals surface area contributed by atoms with E-state index in [1.165, 1.54) is 16.2 Å². The Hall–Kier alpha value is -10.2. The summed E-state index contributed by atoms with van der Waals surface area (Å²) in [7, 11) is 1.68. The standard InChI is InChI=1S/C77H86N12O11S/c1-46(2)64(85-72(96)98-38-59-53-18-9-7-16-51(53)52-17-8-10-19-54(52)59)68(92)82-61(22-14-31-79-70(78)95)67(91)81-50-26-24-48(25-27-50)37-99-73(97)87(6)33-34-100-77-42-74(4)39-75(5,43-77)41-76(40-74,44-77)45-89-47(3)57(35-80-89)55-28-29-63(84-65(55)69(93)94)88-32-30-49-15-13-20-56(58(49)36-88)66(90)86-71-83-60-21-11-12-23-62(60)101-71/h7-13,15-21,23-29,35,46,59,61,64H,14,22,30-34,36-45H2,1-6H3,(H,81,91)(H,82,92)(H,85,96)(H,93,94)(H3,78,79,95)(H,83,86,90)/t61-,64-,74?,75?,76?,77?/m0/s1. The largest absolute Gasteiger partial charge is 0.476 e. The van der Waals surface area contributed by atoms with Crippen molar-refractivity contribution in [3.05, 3.63) is 178 Å². The lowest BCUT2D eigenvalue weighted by molar-refractivity contribution is -0.248. The van der Waals surface area contributed by atoms with E-state index < -0.39 is 53.7 Å². The average molecular weight is 1390 g/mol. The Kier molecular flexibility index (Phi) is 19.5. The molecule has 4 saturated carbocycles. The maximum atomic E-state index is 14.0. The highest BCUT2D eigenvalue weighted by atomic mass is 32.1. The normalized spacial score (nSPS) is 20.6. The molecular weight excluding hydrogens is 1300 g/mol. The van der Waals surface area contributed by atoms with Crippen molar-refractivity contribution in [1.29, 1.82) is 0 Å². The van der Waals surface area contributed by atoms with Gasteiger partial charge in [-0.3, -0.25) is 24.4 Å². The molecule has 1 aliphatic heterocycles. The van der Waals surface area contributed by atoms with E-state index in [4.69, 9.17) is 30.0 Å². The van der Waals surface area contributed by atoms with Crippen LogP contribution in [0.2, 0.25) is 0 Å². The molecule has 24 heteroatoms. The van der Waals surface area contributed by atoms with Gasteiger partial charge in [-0.1, -0.05) is 124 Å². The Morgan fingerprint density at radius 3 is 2.18 bits per heavy atom. The highest BCUT2D eigenvalue weighted by molar-refractivity contribution is 7.22. The first-order chi connectivity index (χ1) is 48.4. The van der Waals surface area contributed by atoms with Crippen molar-refractivity contribution in [2.45, 2.75) is 136 Å². The van der Waals surface area contributed by atoms with E-state index in [1.807, 2.05) is 120 Å². The van der Waals surface area contributed by atoms with Crippen molar-refractivity contribution in [3.63, 3.8) is 0 Å². The number of para-hydroxylation sites is 1. The monoisotopic (exact) mass is 1390 g/mol. The predicted molar refractivity (Wildman–Crippen MR) is 384 cm³/mol. The number of anilines is 3. The molecule has 4 atom stereocenters. The summed E-state index contributed by atoms with van der Waals surface area (Å²) in [5, 5.41) is 30.1. The first-order valence-electron chi connectivity index (χ1n) is 34.6. The van der Waals surface area contributed by atoms with Crippen LogP contribution in [0.4, 0.5) is 31.0 Å². The number of carbonyl (C=O) groups excluding carboxylic acids is 6. The van der Waals surface area contributed by atoms with Crippen molar-refractivity contribution in [3.8, 4) is 22.3 Å². The fraction of sp³-hybridized carbons (Fsp3) is 0.403. The van der Waals surface area contributed by atoms with Crippen LogP contribution < -0.4 is 37.2 Å². The van der Waals surface area contributed by atoms with Gasteiger partial charge in [0.2, 0.25) is 11.8 Å². The number of amides is 7. The number of aromatic nitrogens is 4. The number of thiazole rings is 1. The third-order valence-corrected chi connectivity index (χ3v) is 21.8. The molecule has 526 valence electrons. The number of ether oxygens (including phenoxy) is 3. The molecule has 0 saturated heterocycles. The van der Waals surface area contributed by atoms with Crippen molar-refractivity contribution >= 4 is 80.1 Å². The molecule has 7 amide bonds. The van der Waals surface area contributed by atoms with E-state index in [0.717, 1.165) is 87.8 Å². The first kappa shape index (κ1) is 69.3. The number of carboxylic acid groups (broad SMARTS) is 1. The molecule has 4 fully saturated rings. The Balaban J connectivity index is 0.597. The zero-order valence-corrected chi connectivity index (χ0v) is 58.5. The lowest BCUT2D eigenvalue weighted by atomic mass is 9.39. The maximum Gasteiger partial charge on any atom is 0.409 e. The molecule has 101 heavy (non-hydrogen) atoms. The number of likely N-dealkylation sites (N-methyl/N-ethyl adjacent to an activating group) is 1. The maximum absolute atomic E-state index is 14.0. The third kappa shape index (κ3) is 15.0. The van der Waals surface area contributed by atoms with Crippen molar-refractivity contribution in [1.82, 2.24) is 40.6 Å². The predicted octanol–water partition coefficient (Wildman–Crippen LogP) is 12.2. The summed E-state index contributed by atoms with van der Waals surface area (Å²) in [6.45, 7) is 12.6. The van der Waals surface area contributed by atoms with Crippen LogP contribution in [0.5, 0.6) is 0 Å². The second kappa shape index (κ2) is 28.4. The Morgan fingerprint density at radius 1 is 0.762 bits per heavy atom. The quantitative estimate of drug-likeness (QED) is 0.0262.